The Balaban J connectivity index is 1.61. The van der Waals surface area contributed by atoms with Gasteiger partial charge in [0.05, 0.1) is 11.4 Å². The zero-order valence-electron chi connectivity index (χ0n) is 14.0. The molecule has 0 fully saturated rings. The molecule has 132 valence electrons. The molecule has 0 aliphatic heterocycles. The third kappa shape index (κ3) is 3.33. The number of benzene rings is 1. The van der Waals surface area contributed by atoms with Crippen molar-refractivity contribution < 1.29 is 0 Å². The highest BCUT2D eigenvalue weighted by Gasteiger charge is 2.16. The van der Waals surface area contributed by atoms with Crippen molar-refractivity contribution in [3.63, 3.8) is 0 Å². The number of halogens is 1. The van der Waals surface area contributed by atoms with Crippen LogP contribution in [0.2, 0.25) is 5.02 Å². The minimum absolute atomic E-state index is 0.0963. The van der Waals surface area contributed by atoms with E-state index in [0.717, 1.165) is 25.9 Å². The second kappa shape index (κ2) is 7.32. The standard InChI is InChI=1S/C19H16ClN3OS2/c1-11(21-9-12-5-2-3-6-14(12)20)17-22-18(24)16-13(10-26-19(16)23-17)15-7-4-8-25-15/h2-8,10-11,21H,9H2,1H3,(H,22,23,24)/t11-/m1/s1. The summed E-state index contributed by atoms with van der Waals surface area (Å²) in [6.45, 7) is 2.59. The molecule has 1 aromatic carbocycles. The second-order valence-corrected chi connectivity index (χ2v) is 8.16. The van der Waals surface area contributed by atoms with Crippen LogP contribution in [0.5, 0.6) is 0 Å². The molecule has 4 nitrogen and oxygen atoms in total. The molecular weight excluding hydrogens is 386 g/mol. The molecule has 0 saturated carbocycles. The van der Waals surface area contributed by atoms with E-state index in [1.54, 1.807) is 11.3 Å². The molecule has 4 aromatic rings. The average molecular weight is 402 g/mol. The van der Waals surface area contributed by atoms with E-state index in [0.29, 0.717) is 17.8 Å². The maximum atomic E-state index is 12.7. The lowest BCUT2D eigenvalue weighted by Gasteiger charge is -2.14. The molecule has 4 rings (SSSR count). The number of hydrogen-bond acceptors (Lipinski definition) is 5. The Morgan fingerprint density at radius 1 is 1.23 bits per heavy atom. The fraction of sp³-hybridized carbons (Fsp3) is 0.158. The monoisotopic (exact) mass is 401 g/mol. The number of thiophene rings is 2. The Morgan fingerprint density at radius 2 is 2.08 bits per heavy atom. The molecule has 1 atom stereocenters. The van der Waals surface area contributed by atoms with E-state index in [4.69, 9.17) is 11.6 Å². The molecule has 0 amide bonds. The summed E-state index contributed by atoms with van der Waals surface area (Å²) in [7, 11) is 0. The molecular formula is C19H16ClN3OS2. The third-order valence-corrected chi connectivity index (χ3v) is 6.36. The molecule has 0 radical (unpaired) electrons. The number of H-pyrrole nitrogens is 1. The summed E-state index contributed by atoms with van der Waals surface area (Å²) in [5.41, 5.74) is 1.87. The Bertz CT molecular complexity index is 1100. The zero-order valence-corrected chi connectivity index (χ0v) is 16.3. The van der Waals surface area contributed by atoms with Gasteiger partial charge in [-0.2, -0.15) is 0 Å². The van der Waals surface area contributed by atoms with E-state index in [9.17, 15) is 4.79 Å². The van der Waals surface area contributed by atoms with Crippen LogP contribution in [0.3, 0.4) is 0 Å². The van der Waals surface area contributed by atoms with Gasteiger partial charge in [0.2, 0.25) is 0 Å². The summed E-state index contributed by atoms with van der Waals surface area (Å²) < 4.78 is 0. The van der Waals surface area contributed by atoms with Crippen molar-refractivity contribution >= 4 is 44.5 Å². The van der Waals surface area contributed by atoms with E-state index >= 15 is 0 Å². The quantitative estimate of drug-likeness (QED) is 0.482. The van der Waals surface area contributed by atoms with Gasteiger partial charge < -0.3 is 10.3 Å². The van der Waals surface area contributed by atoms with Gasteiger partial charge in [0.1, 0.15) is 10.7 Å². The van der Waals surface area contributed by atoms with Crippen molar-refractivity contribution in [1.82, 2.24) is 15.3 Å². The average Bonchev–Trinajstić information content (AvgIpc) is 3.30. The molecule has 2 N–H and O–H groups in total. The molecule has 0 spiro atoms. The molecule has 3 aromatic heterocycles. The lowest BCUT2D eigenvalue weighted by Crippen LogP contribution is -2.23. The van der Waals surface area contributed by atoms with E-state index in [2.05, 4.69) is 15.3 Å². The third-order valence-electron chi connectivity index (χ3n) is 4.22. The summed E-state index contributed by atoms with van der Waals surface area (Å²) in [4.78, 5) is 22.1. The predicted octanol–water partition coefficient (Wildman–Crippen LogP) is 5.22. The van der Waals surface area contributed by atoms with E-state index in [-0.39, 0.29) is 11.6 Å². The van der Waals surface area contributed by atoms with Gasteiger partial charge in [-0.1, -0.05) is 35.9 Å². The van der Waals surface area contributed by atoms with Crippen molar-refractivity contribution in [2.75, 3.05) is 0 Å². The van der Waals surface area contributed by atoms with Crippen molar-refractivity contribution in [3.8, 4) is 10.4 Å². The summed E-state index contributed by atoms with van der Waals surface area (Å²) in [5.74, 6) is 0.633. The fourth-order valence-corrected chi connectivity index (χ4v) is 4.76. The highest BCUT2D eigenvalue weighted by atomic mass is 35.5. The van der Waals surface area contributed by atoms with Crippen molar-refractivity contribution in [1.29, 1.82) is 0 Å². The van der Waals surface area contributed by atoms with Crippen molar-refractivity contribution in [2.45, 2.75) is 19.5 Å². The molecule has 0 bridgehead atoms. The Morgan fingerprint density at radius 3 is 2.85 bits per heavy atom. The van der Waals surface area contributed by atoms with Crippen molar-refractivity contribution in [2.24, 2.45) is 0 Å². The van der Waals surface area contributed by atoms with Crippen LogP contribution >= 0.6 is 34.3 Å². The largest absolute Gasteiger partial charge is 0.309 e. The first kappa shape index (κ1) is 17.4. The fourth-order valence-electron chi connectivity index (χ4n) is 2.79. The summed E-state index contributed by atoms with van der Waals surface area (Å²) >= 11 is 9.32. The minimum atomic E-state index is -0.101. The Hall–Kier alpha value is -1.99. The molecule has 0 unspecified atom stereocenters. The highest BCUT2D eigenvalue weighted by molar-refractivity contribution is 7.18. The van der Waals surface area contributed by atoms with Crippen LogP contribution < -0.4 is 10.9 Å². The number of aromatic nitrogens is 2. The van der Waals surface area contributed by atoms with Crippen LogP contribution in [-0.2, 0) is 6.54 Å². The predicted molar refractivity (Wildman–Crippen MR) is 110 cm³/mol. The second-order valence-electron chi connectivity index (χ2n) is 5.95. The summed E-state index contributed by atoms with van der Waals surface area (Å²) in [6, 6.07) is 11.6. The molecule has 7 heteroatoms. The zero-order chi connectivity index (χ0) is 18.1. The Labute approximate surface area is 163 Å². The van der Waals surface area contributed by atoms with Gasteiger partial charge in [0, 0.05) is 27.4 Å². The first-order valence-electron chi connectivity index (χ1n) is 8.15. The van der Waals surface area contributed by atoms with Crippen LogP contribution in [-0.4, -0.2) is 9.97 Å². The number of hydrogen-bond donors (Lipinski definition) is 2. The maximum Gasteiger partial charge on any atom is 0.260 e. The molecule has 0 saturated heterocycles. The Kier molecular flexibility index (Phi) is 4.91. The molecule has 26 heavy (non-hydrogen) atoms. The van der Waals surface area contributed by atoms with Gasteiger partial charge >= 0.3 is 0 Å². The molecule has 3 heterocycles. The van der Waals surface area contributed by atoms with Crippen LogP contribution in [0.25, 0.3) is 20.7 Å². The van der Waals surface area contributed by atoms with Crippen molar-refractivity contribution in [3.05, 3.63) is 73.9 Å². The van der Waals surface area contributed by atoms with Gasteiger partial charge in [0.15, 0.2) is 0 Å². The summed E-state index contributed by atoms with van der Waals surface area (Å²) in [5, 5.41) is 8.78. The first-order chi connectivity index (χ1) is 12.6. The minimum Gasteiger partial charge on any atom is -0.309 e. The lowest BCUT2D eigenvalue weighted by molar-refractivity contribution is 0.547. The topological polar surface area (TPSA) is 57.8 Å². The number of aromatic amines is 1. The van der Waals surface area contributed by atoms with Gasteiger partial charge in [-0.05, 0) is 30.0 Å². The number of fused-ring (bicyclic) bond motifs is 1. The summed E-state index contributed by atoms with van der Waals surface area (Å²) in [6.07, 6.45) is 0. The highest BCUT2D eigenvalue weighted by Crippen LogP contribution is 2.33. The van der Waals surface area contributed by atoms with Gasteiger partial charge in [-0.3, -0.25) is 4.79 Å². The van der Waals surface area contributed by atoms with Crippen LogP contribution in [0.1, 0.15) is 24.4 Å². The molecule has 0 aliphatic carbocycles. The SMILES string of the molecule is C[C@@H](NCc1ccccc1Cl)c1nc2scc(-c3cccs3)c2c(=O)[nH]1. The molecule has 0 aliphatic rings. The van der Waals surface area contributed by atoms with Gasteiger partial charge in [0.25, 0.3) is 5.56 Å². The number of nitrogens with zero attached hydrogens (tertiary/aromatic N) is 1. The normalized spacial score (nSPS) is 12.5. The maximum absolute atomic E-state index is 12.7. The van der Waals surface area contributed by atoms with E-state index in [1.807, 2.05) is 54.1 Å². The van der Waals surface area contributed by atoms with Crippen LogP contribution in [0.15, 0.2) is 52.0 Å². The first-order valence-corrected chi connectivity index (χ1v) is 10.3. The van der Waals surface area contributed by atoms with Crippen LogP contribution in [0.4, 0.5) is 0 Å². The number of nitrogens with one attached hydrogen (secondary N) is 2. The van der Waals surface area contributed by atoms with E-state index in [1.165, 1.54) is 11.3 Å². The smallest absolute Gasteiger partial charge is 0.260 e. The lowest BCUT2D eigenvalue weighted by atomic mass is 10.2. The van der Waals surface area contributed by atoms with Gasteiger partial charge in [-0.15, -0.1) is 22.7 Å². The number of rotatable bonds is 5. The van der Waals surface area contributed by atoms with Gasteiger partial charge in [-0.25, -0.2) is 4.98 Å². The van der Waals surface area contributed by atoms with E-state index < -0.39 is 0 Å². The van der Waals surface area contributed by atoms with Crippen LogP contribution in [0, 0.1) is 0 Å².